The monoisotopic (exact) mass is 255 g/mol. The standard InChI is InChI=1S/C11H18ClN5/c12-11-14-3-8(4-15-11)5-17-9-1-2-10(17)7-16(13)6-9/h3,9-10H,1-2,4-7,13H2,(H,14,15). The number of nitrogens with zero attached hydrogens (tertiary/aromatic N) is 3. The van der Waals surface area contributed by atoms with Gasteiger partial charge in [-0.1, -0.05) is 0 Å². The van der Waals surface area contributed by atoms with Crippen molar-refractivity contribution in [1.82, 2.24) is 15.2 Å². The lowest BCUT2D eigenvalue weighted by atomic mass is 10.1. The molecule has 3 aliphatic heterocycles. The van der Waals surface area contributed by atoms with Crippen molar-refractivity contribution in [3.8, 4) is 0 Å². The van der Waals surface area contributed by atoms with Gasteiger partial charge >= 0.3 is 0 Å². The highest BCUT2D eigenvalue weighted by Gasteiger charge is 2.39. The zero-order valence-electron chi connectivity index (χ0n) is 9.77. The highest BCUT2D eigenvalue weighted by Crippen LogP contribution is 2.29. The molecule has 5 nitrogen and oxygen atoms in total. The van der Waals surface area contributed by atoms with Gasteiger partial charge in [0.15, 0.2) is 5.29 Å². The number of rotatable bonds is 2. The van der Waals surface area contributed by atoms with Gasteiger partial charge in [0.2, 0.25) is 0 Å². The van der Waals surface area contributed by atoms with Crippen molar-refractivity contribution in [1.29, 1.82) is 0 Å². The van der Waals surface area contributed by atoms with Crippen molar-refractivity contribution in [2.45, 2.75) is 24.9 Å². The Bertz CT molecular complexity index is 353. The van der Waals surface area contributed by atoms with Crippen molar-refractivity contribution in [2.75, 3.05) is 26.2 Å². The molecule has 17 heavy (non-hydrogen) atoms. The van der Waals surface area contributed by atoms with Gasteiger partial charge in [0, 0.05) is 37.9 Å². The quantitative estimate of drug-likeness (QED) is 0.543. The fraction of sp³-hybridized carbons (Fsp3) is 0.727. The number of hydrazine groups is 1. The highest BCUT2D eigenvalue weighted by atomic mass is 35.5. The topological polar surface area (TPSA) is 56.9 Å². The summed E-state index contributed by atoms with van der Waals surface area (Å²) in [5, 5.41) is 5.42. The van der Waals surface area contributed by atoms with Gasteiger partial charge in [0.1, 0.15) is 0 Å². The smallest absolute Gasteiger partial charge is 0.195 e. The minimum Gasteiger partial charge on any atom is -0.337 e. The minimum atomic E-state index is 0.489. The maximum absolute atomic E-state index is 5.91. The fourth-order valence-corrected chi connectivity index (χ4v) is 3.15. The molecule has 0 aromatic carbocycles. The molecule has 0 amide bonds. The van der Waals surface area contributed by atoms with Crippen LogP contribution in [0.2, 0.25) is 0 Å². The molecule has 0 radical (unpaired) electrons. The van der Waals surface area contributed by atoms with Gasteiger partial charge in [-0.15, -0.1) is 0 Å². The van der Waals surface area contributed by atoms with Gasteiger partial charge in [-0.2, -0.15) is 0 Å². The molecular weight excluding hydrogens is 238 g/mol. The van der Waals surface area contributed by atoms with Crippen LogP contribution < -0.4 is 11.2 Å². The first-order valence-electron chi connectivity index (χ1n) is 6.12. The van der Waals surface area contributed by atoms with Crippen LogP contribution >= 0.6 is 11.6 Å². The Morgan fingerprint density at radius 1 is 1.41 bits per heavy atom. The molecule has 0 saturated carbocycles. The van der Waals surface area contributed by atoms with Gasteiger partial charge in [-0.05, 0) is 30.0 Å². The van der Waals surface area contributed by atoms with Gasteiger partial charge in [-0.25, -0.2) is 5.01 Å². The average molecular weight is 256 g/mol. The first-order chi connectivity index (χ1) is 8.22. The summed E-state index contributed by atoms with van der Waals surface area (Å²) in [5.41, 5.74) is 1.30. The van der Waals surface area contributed by atoms with Crippen LogP contribution in [-0.4, -0.2) is 53.5 Å². The lowest BCUT2D eigenvalue weighted by molar-refractivity contribution is 0.0746. The number of amidine groups is 1. The van der Waals surface area contributed by atoms with E-state index >= 15 is 0 Å². The zero-order valence-corrected chi connectivity index (χ0v) is 10.5. The summed E-state index contributed by atoms with van der Waals surface area (Å²) in [4.78, 5) is 6.78. The molecule has 2 unspecified atom stereocenters. The van der Waals surface area contributed by atoms with Gasteiger partial charge in [-0.3, -0.25) is 15.7 Å². The average Bonchev–Trinajstić information content (AvgIpc) is 2.56. The molecule has 94 valence electrons. The molecule has 3 heterocycles. The Kier molecular flexibility index (Phi) is 3.08. The molecule has 0 aromatic heterocycles. The number of piperazine rings is 1. The Morgan fingerprint density at radius 2 is 2.12 bits per heavy atom. The maximum atomic E-state index is 5.91. The summed E-state index contributed by atoms with van der Waals surface area (Å²) in [6.45, 7) is 3.68. The Balaban J connectivity index is 1.63. The summed E-state index contributed by atoms with van der Waals surface area (Å²) in [6, 6.07) is 1.22. The maximum Gasteiger partial charge on any atom is 0.195 e. The summed E-state index contributed by atoms with van der Waals surface area (Å²) in [5.74, 6) is 5.91. The lowest BCUT2D eigenvalue weighted by Crippen LogP contribution is -2.56. The number of nitrogens with one attached hydrogen (secondary N) is 1. The Hall–Kier alpha value is -0.620. The second-order valence-electron chi connectivity index (χ2n) is 5.07. The van der Waals surface area contributed by atoms with E-state index in [-0.39, 0.29) is 0 Å². The molecule has 3 N–H and O–H groups in total. The number of aliphatic imine (C=N–C) groups is 1. The predicted octanol–water partition coefficient (Wildman–Crippen LogP) is 0.0906. The van der Waals surface area contributed by atoms with Crippen LogP contribution in [0, 0.1) is 0 Å². The van der Waals surface area contributed by atoms with E-state index in [0.717, 1.165) is 19.6 Å². The molecule has 3 rings (SSSR count). The first kappa shape index (κ1) is 11.5. The van der Waals surface area contributed by atoms with Crippen LogP contribution in [0.3, 0.4) is 0 Å². The molecule has 2 bridgehead atoms. The van der Waals surface area contributed by atoms with Crippen molar-refractivity contribution in [3.05, 3.63) is 11.8 Å². The largest absolute Gasteiger partial charge is 0.337 e. The van der Waals surface area contributed by atoms with Gasteiger partial charge in [0.25, 0.3) is 0 Å². The van der Waals surface area contributed by atoms with E-state index in [9.17, 15) is 0 Å². The van der Waals surface area contributed by atoms with Crippen LogP contribution in [-0.2, 0) is 0 Å². The minimum absolute atomic E-state index is 0.489. The number of halogens is 1. The number of hydrogen-bond acceptors (Lipinski definition) is 5. The summed E-state index contributed by atoms with van der Waals surface area (Å²) >= 11 is 5.77. The molecule has 0 aromatic rings. The van der Waals surface area contributed by atoms with Crippen LogP contribution in [0.4, 0.5) is 0 Å². The van der Waals surface area contributed by atoms with Crippen LogP contribution in [0.5, 0.6) is 0 Å². The van der Waals surface area contributed by atoms with Crippen LogP contribution in [0.1, 0.15) is 12.8 Å². The molecule has 2 atom stereocenters. The molecule has 6 heteroatoms. The molecule has 3 aliphatic rings. The van der Waals surface area contributed by atoms with Crippen molar-refractivity contribution in [2.24, 2.45) is 10.8 Å². The van der Waals surface area contributed by atoms with Crippen molar-refractivity contribution >= 4 is 16.9 Å². The SMILES string of the molecule is NN1CC2CCC(C1)N2CC1=CNC(Cl)=NC1. The first-order valence-corrected chi connectivity index (χ1v) is 6.50. The van der Waals surface area contributed by atoms with E-state index in [1.165, 1.54) is 18.4 Å². The van der Waals surface area contributed by atoms with E-state index in [0.29, 0.717) is 23.9 Å². The molecular formula is C11H18ClN5. The van der Waals surface area contributed by atoms with E-state index < -0.39 is 0 Å². The summed E-state index contributed by atoms with van der Waals surface area (Å²) in [6.07, 6.45) is 4.52. The second-order valence-corrected chi connectivity index (χ2v) is 5.42. The third-order valence-electron chi connectivity index (χ3n) is 3.86. The van der Waals surface area contributed by atoms with Crippen molar-refractivity contribution in [3.63, 3.8) is 0 Å². The third-order valence-corrected chi connectivity index (χ3v) is 4.09. The molecule has 0 aliphatic carbocycles. The van der Waals surface area contributed by atoms with E-state index in [1.54, 1.807) is 0 Å². The summed E-state index contributed by atoms with van der Waals surface area (Å²) < 4.78 is 0. The van der Waals surface area contributed by atoms with Gasteiger partial charge in [0.05, 0.1) is 6.54 Å². The number of nitrogens with two attached hydrogens (primary N) is 1. The van der Waals surface area contributed by atoms with Crippen molar-refractivity contribution < 1.29 is 0 Å². The Morgan fingerprint density at radius 3 is 2.71 bits per heavy atom. The fourth-order valence-electron chi connectivity index (χ4n) is 3.04. The predicted molar refractivity (Wildman–Crippen MR) is 68.7 cm³/mol. The third kappa shape index (κ3) is 2.33. The van der Waals surface area contributed by atoms with Crippen LogP contribution in [0.15, 0.2) is 16.8 Å². The molecule has 0 spiro atoms. The molecule has 2 fully saturated rings. The lowest BCUT2D eigenvalue weighted by Gasteiger charge is -2.39. The summed E-state index contributed by atoms with van der Waals surface area (Å²) in [7, 11) is 0. The molecule has 2 saturated heterocycles. The normalized spacial score (nSPS) is 34.2. The highest BCUT2D eigenvalue weighted by molar-refractivity contribution is 6.64. The van der Waals surface area contributed by atoms with E-state index in [4.69, 9.17) is 17.4 Å². The van der Waals surface area contributed by atoms with Crippen LogP contribution in [0.25, 0.3) is 0 Å². The number of hydrogen-bond donors (Lipinski definition) is 2. The van der Waals surface area contributed by atoms with Gasteiger partial charge < -0.3 is 5.32 Å². The van der Waals surface area contributed by atoms with E-state index in [2.05, 4.69) is 15.2 Å². The second kappa shape index (κ2) is 4.57. The Labute approximate surface area is 106 Å². The zero-order chi connectivity index (χ0) is 11.8. The number of fused-ring (bicyclic) bond motifs is 2. The van der Waals surface area contributed by atoms with E-state index in [1.807, 2.05) is 11.2 Å².